The van der Waals surface area contributed by atoms with E-state index in [1.807, 2.05) is 24.3 Å². The zero-order chi connectivity index (χ0) is 19.7. The molecule has 1 aliphatic rings. The molecule has 4 rings (SSSR count). The predicted molar refractivity (Wildman–Crippen MR) is 114 cm³/mol. The first-order valence-electron chi connectivity index (χ1n) is 9.73. The molecule has 0 bridgehead atoms. The summed E-state index contributed by atoms with van der Waals surface area (Å²) in [7, 11) is 0. The molecule has 6 heteroatoms. The van der Waals surface area contributed by atoms with E-state index < -0.39 is 0 Å². The number of aryl methyl sites for hydroxylation is 1. The first-order valence-corrected chi connectivity index (χ1v) is 10.5. The monoisotopic (exact) mass is 396 g/mol. The molecule has 0 radical (unpaired) electrons. The Hall–Kier alpha value is -2.28. The van der Waals surface area contributed by atoms with Crippen LogP contribution in [0.5, 0.6) is 0 Å². The lowest BCUT2D eigenvalue weighted by Crippen LogP contribution is -3.16. The van der Waals surface area contributed by atoms with Crippen LogP contribution in [-0.4, -0.2) is 42.7 Å². The predicted octanol–water partition coefficient (Wildman–Crippen LogP) is 2.90. The van der Waals surface area contributed by atoms with Crippen molar-refractivity contribution in [3.05, 3.63) is 48.0 Å². The molecule has 1 saturated heterocycles. The van der Waals surface area contributed by atoms with Gasteiger partial charge in [0.1, 0.15) is 30.3 Å². The number of amides is 1. The number of rotatable bonds is 4. The molecule has 1 aliphatic heterocycles. The van der Waals surface area contributed by atoms with Gasteiger partial charge >= 0.3 is 0 Å². The van der Waals surface area contributed by atoms with Gasteiger partial charge in [0.2, 0.25) is 0 Å². The van der Waals surface area contributed by atoms with E-state index in [2.05, 4.69) is 44.3 Å². The second kappa shape index (κ2) is 7.99. The standard InChI is InChI=1S/C22H25N3O2S/c1-14-4-9-19-20(10-14)28-22(24-19)17-5-7-18(8-6-17)23-21(26)13-25-11-15(2)27-16(3)12-25/h4-10,15-16H,11-13H2,1-3H3,(H,23,26)/p+1/t15-,16-/m1/s1. The highest BCUT2D eigenvalue weighted by Gasteiger charge is 2.27. The number of hydrogen-bond donors (Lipinski definition) is 2. The van der Waals surface area contributed by atoms with Gasteiger partial charge in [0.05, 0.1) is 10.2 Å². The molecule has 1 fully saturated rings. The number of anilines is 1. The summed E-state index contributed by atoms with van der Waals surface area (Å²) in [4.78, 5) is 18.4. The van der Waals surface area contributed by atoms with Crippen molar-refractivity contribution < 1.29 is 14.4 Å². The van der Waals surface area contributed by atoms with Gasteiger partial charge in [-0.25, -0.2) is 4.98 Å². The topological polar surface area (TPSA) is 55.7 Å². The van der Waals surface area contributed by atoms with Crippen molar-refractivity contribution in [1.29, 1.82) is 0 Å². The number of benzene rings is 2. The van der Waals surface area contributed by atoms with Crippen molar-refractivity contribution in [2.75, 3.05) is 25.0 Å². The van der Waals surface area contributed by atoms with E-state index in [9.17, 15) is 4.79 Å². The highest BCUT2D eigenvalue weighted by atomic mass is 32.1. The molecular formula is C22H26N3O2S+. The van der Waals surface area contributed by atoms with Gasteiger partial charge in [-0.15, -0.1) is 11.3 Å². The number of morpholine rings is 1. The number of carbonyl (C=O) groups excluding carboxylic acids is 1. The van der Waals surface area contributed by atoms with Gasteiger partial charge in [0.25, 0.3) is 5.91 Å². The highest BCUT2D eigenvalue weighted by Crippen LogP contribution is 2.31. The van der Waals surface area contributed by atoms with Gasteiger partial charge in [0, 0.05) is 11.3 Å². The third-order valence-electron chi connectivity index (χ3n) is 4.99. The molecule has 0 aliphatic carbocycles. The van der Waals surface area contributed by atoms with Crippen LogP contribution in [0.25, 0.3) is 20.8 Å². The Morgan fingerprint density at radius 3 is 2.61 bits per heavy atom. The maximum Gasteiger partial charge on any atom is 0.279 e. The average Bonchev–Trinajstić information content (AvgIpc) is 3.04. The normalized spacial score (nSPS) is 22.3. The molecule has 2 heterocycles. The Bertz CT molecular complexity index is 973. The van der Waals surface area contributed by atoms with Gasteiger partial charge in [0.15, 0.2) is 6.54 Å². The molecule has 2 aromatic carbocycles. The second-order valence-electron chi connectivity index (χ2n) is 7.71. The van der Waals surface area contributed by atoms with Crippen LogP contribution >= 0.6 is 11.3 Å². The minimum atomic E-state index is 0.0412. The molecular weight excluding hydrogens is 370 g/mol. The summed E-state index contributed by atoms with van der Waals surface area (Å²) >= 11 is 1.69. The van der Waals surface area contributed by atoms with E-state index in [0.29, 0.717) is 6.54 Å². The Morgan fingerprint density at radius 2 is 1.89 bits per heavy atom. The Morgan fingerprint density at radius 1 is 1.18 bits per heavy atom. The number of nitrogens with one attached hydrogen (secondary N) is 2. The fourth-order valence-corrected chi connectivity index (χ4v) is 4.89. The number of hydrogen-bond acceptors (Lipinski definition) is 4. The van der Waals surface area contributed by atoms with Crippen LogP contribution in [0.1, 0.15) is 19.4 Å². The lowest BCUT2D eigenvalue weighted by Gasteiger charge is -2.31. The summed E-state index contributed by atoms with van der Waals surface area (Å²) in [6.45, 7) is 8.43. The van der Waals surface area contributed by atoms with Gasteiger partial charge in [-0.1, -0.05) is 6.07 Å². The summed E-state index contributed by atoms with van der Waals surface area (Å²) < 4.78 is 6.94. The summed E-state index contributed by atoms with van der Waals surface area (Å²) in [6.07, 6.45) is 0.395. The van der Waals surface area contributed by atoms with Crippen LogP contribution < -0.4 is 10.2 Å². The quantitative estimate of drug-likeness (QED) is 0.713. The number of thiazole rings is 1. The molecule has 2 N–H and O–H groups in total. The lowest BCUT2D eigenvalue weighted by molar-refractivity contribution is -0.907. The molecule has 28 heavy (non-hydrogen) atoms. The molecule has 1 amide bonds. The third kappa shape index (κ3) is 4.41. The minimum absolute atomic E-state index is 0.0412. The lowest BCUT2D eigenvalue weighted by atomic mass is 10.2. The maximum absolute atomic E-state index is 12.4. The second-order valence-corrected chi connectivity index (χ2v) is 8.74. The summed E-state index contributed by atoms with van der Waals surface area (Å²) in [6, 6.07) is 14.3. The molecule has 146 valence electrons. The molecule has 0 saturated carbocycles. The zero-order valence-corrected chi connectivity index (χ0v) is 17.3. The van der Waals surface area contributed by atoms with Crippen molar-refractivity contribution in [3.8, 4) is 10.6 Å². The highest BCUT2D eigenvalue weighted by molar-refractivity contribution is 7.21. The fraction of sp³-hybridized carbons (Fsp3) is 0.364. The molecule has 0 spiro atoms. The third-order valence-corrected chi connectivity index (χ3v) is 6.05. The van der Waals surface area contributed by atoms with Crippen molar-refractivity contribution in [1.82, 2.24) is 4.98 Å². The van der Waals surface area contributed by atoms with Crippen LogP contribution in [0.2, 0.25) is 0 Å². The minimum Gasteiger partial charge on any atom is -0.364 e. The van der Waals surface area contributed by atoms with Crippen LogP contribution in [-0.2, 0) is 9.53 Å². The van der Waals surface area contributed by atoms with Crippen molar-refractivity contribution in [2.45, 2.75) is 33.0 Å². The largest absolute Gasteiger partial charge is 0.364 e. The van der Waals surface area contributed by atoms with Crippen LogP contribution in [0.4, 0.5) is 5.69 Å². The van der Waals surface area contributed by atoms with Crippen molar-refractivity contribution in [3.63, 3.8) is 0 Å². The van der Waals surface area contributed by atoms with Crippen LogP contribution in [0, 0.1) is 6.92 Å². The number of ether oxygens (including phenoxy) is 1. The molecule has 0 unspecified atom stereocenters. The first-order chi connectivity index (χ1) is 13.5. The SMILES string of the molecule is Cc1ccc2nc(-c3ccc(NC(=O)C[NH+]4C[C@@H](C)O[C@H](C)C4)cc3)sc2c1. The van der Waals surface area contributed by atoms with E-state index in [4.69, 9.17) is 9.72 Å². The number of fused-ring (bicyclic) bond motifs is 1. The molecule has 2 atom stereocenters. The van der Waals surface area contributed by atoms with Crippen molar-refractivity contribution >= 4 is 33.1 Å². The van der Waals surface area contributed by atoms with E-state index in [-0.39, 0.29) is 18.1 Å². The number of nitrogens with zero attached hydrogens (tertiary/aromatic N) is 1. The van der Waals surface area contributed by atoms with Gasteiger partial charge in [-0.3, -0.25) is 4.79 Å². The van der Waals surface area contributed by atoms with E-state index in [0.717, 1.165) is 34.9 Å². The Labute approximate surface area is 169 Å². The fourth-order valence-electron chi connectivity index (χ4n) is 3.82. The molecule has 5 nitrogen and oxygen atoms in total. The number of carbonyl (C=O) groups is 1. The smallest absolute Gasteiger partial charge is 0.279 e. The van der Waals surface area contributed by atoms with Gasteiger partial charge in [-0.05, 0) is 62.7 Å². The van der Waals surface area contributed by atoms with Gasteiger partial charge in [-0.2, -0.15) is 0 Å². The van der Waals surface area contributed by atoms with Crippen LogP contribution in [0.3, 0.4) is 0 Å². The average molecular weight is 397 g/mol. The molecule has 3 aromatic rings. The summed E-state index contributed by atoms with van der Waals surface area (Å²) in [5, 5.41) is 4.01. The van der Waals surface area contributed by atoms with E-state index in [1.165, 1.54) is 15.2 Å². The van der Waals surface area contributed by atoms with Gasteiger partial charge < -0.3 is 15.0 Å². The molecule has 1 aromatic heterocycles. The number of quaternary nitrogens is 1. The first kappa shape index (κ1) is 19.1. The van der Waals surface area contributed by atoms with E-state index in [1.54, 1.807) is 11.3 Å². The summed E-state index contributed by atoms with van der Waals surface area (Å²) in [5.41, 5.74) is 4.16. The summed E-state index contributed by atoms with van der Waals surface area (Å²) in [5.74, 6) is 0.0412. The zero-order valence-electron chi connectivity index (χ0n) is 16.5. The van der Waals surface area contributed by atoms with E-state index >= 15 is 0 Å². The van der Waals surface area contributed by atoms with Crippen molar-refractivity contribution in [2.24, 2.45) is 0 Å². The van der Waals surface area contributed by atoms with Crippen LogP contribution in [0.15, 0.2) is 42.5 Å². The maximum atomic E-state index is 12.4. The Balaban J connectivity index is 1.40. The number of aromatic nitrogens is 1. The Kier molecular flexibility index (Phi) is 5.44.